The molecule has 2 heterocycles. The minimum absolute atomic E-state index is 0.751. The average molecular weight is 259 g/mol. The Morgan fingerprint density at radius 1 is 1.37 bits per heavy atom. The van der Waals surface area contributed by atoms with Gasteiger partial charge in [0.15, 0.2) is 0 Å². The standard InChI is InChI=1S/C14H21N5/c1-11-12(9-15-2)5-6-13(17-11)19(4)10-14-16-7-8-18(14)3/h5-8,15H,9-10H2,1-4H3. The van der Waals surface area contributed by atoms with Crippen LogP contribution >= 0.6 is 0 Å². The molecule has 102 valence electrons. The summed E-state index contributed by atoms with van der Waals surface area (Å²) in [5.74, 6) is 2.00. The first-order chi connectivity index (χ1) is 9.11. The number of hydrogen-bond acceptors (Lipinski definition) is 4. The molecule has 0 aromatic carbocycles. The molecule has 19 heavy (non-hydrogen) atoms. The normalized spacial score (nSPS) is 10.7. The zero-order chi connectivity index (χ0) is 13.8. The Labute approximate surface area is 114 Å². The summed E-state index contributed by atoms with van der Waals surface area (Å²) in [4.78, 5) is 11.1. The van der Waals surface area contributed by atoms with Crippen molar-refractivity contribution in [1.29, 1.82) is 0 Å². The van der Waals surface area contributed by atoms with Gasteiger partial charge in [0.2, 0.25) is 0 Å². The smallest absolute Gasteiger partial charge is 0.128 e. The zero-order valence-corrected chi connectivity index (χ0v) is 12.0. The van der Waals surface area contributed by atoms with Gasteiger partial charge in [-0.25, -0.2) is 9.97 Å². The van der Waals surface area contributed by atoms with E-state index in [-0.39, 0.29) is 0 Å². The van der Waals surface area contributed by atoms with E-state index < -0.39 is 0 Å². The van der Waals surface area contributed by atoms with Gasteiger partial charge in [-0.15, -0.1) is 0 Å². The predicted octanol–water partition coefficient (Wildman–Crippen LogP) is 1.48. The van der Waals surface area contributed by atoms with Crippen molar-refractivity contribution in [2.75, 3.05) is 19.0 Å². The van der Waals surface area contributed by atoms with Crippen LogP contribution in [0.15, 0.2) is 24.5 Å². The van der Waals surface area contributed by atoms with Gasteiger partial charge in [-0.05, 0) is 25.6 Å². The van der Waals surface area contributed by atoms with Gasteiger partial charge in [-0.2, -0.15) is 0 Å². The molecule has 0 atom stereocenters. The number of imidazole rings is 1. The maximum Gasteiger partial charge on any atom is 0.128 e. The van der Waals surface area contributed by atoms with Gasteiger partial charge >= 0.3 is 0 Å². The van der Waals surface area contributed by atoms with E-state index in [1.165, 1.54) is 5.56 Å². The summed E-state index contributed by atoms with van der Waals surface area (Å²) < 4.78 is 2.03. The fourth-order valence-corrected chi connectivity index (χ4v) is 2.01. The Morgan fingerprint density at radius 2 is 2.16 bits per heavy atom. The van der Waals surface area contributed by atoms with E-state index in [1.54, 1.807) is 0 Å². The van der Waals surface area contributed by atoms with E-state index >= 15 is 0 Å². The topological polar surface area (TPSA) is 46.0 Å². The lowest BCUT2D eigenvalue weighted by atomic mass is 10.2. The number of rotatable bonds is 5. The molecular weight excluding hydrogens is 238 g/mol. The van der Waals surface area contributed by atoms with Crippen molar-refractivity contribution < 1.29 is 0 Å². The lowest BCUT2D eigenvalue weighted by molar-refractivity contribution is 0.751. The van der Waals surface area contributed by atoms with E-state index in [2.05, 4.69) is 32.3 Å². The summed E-state index contributed by atoms with van der Waals surface area (Å²) in [6, 6.07) is 4.19. The summed E-state index contributed by atoms with van der Waals surface area (Å²) >= 11 is 0. The van der Waals surface area contributed by atoms with Crippen LogP contribution in [-0.2, 0) is 20.1 Å². The van der Waals surface area contributed by atoms with Gasteiger partial charge in [0.25, 0.3) is 0 Å². The molecule has 0 saturated heterocycles. The predicted molar refractivity (Wildman–Crippen MR) is 77.1 cm³/mol. The second kappa shape index (κ2) is 5.84. The van der Waals surface area contributed by atoms with E-state index in [0.29, 0.717) is 0 Å². The van der Waals surface area contributed by atoms with Crippen molar-refractivity contribution in [2.45, 2.75) is 20.0 Å². The minimum Gasteiger partial charge on any atom is -0.352 e. The minimum atomic E-state index is 0.751. The summed E-state index contributed by atoms with van der Waals surface area (Å²) in [5.41, 5.74) is 2.30. The molecule has 0 amide bonds. The fraction of sp³-hybridized carbons (Fsp3) is 0.429. The van der Waals surface area contributed by atoms with Crippen LogP contribution in [0.3, 0.4) is 0 Å². The summed E-state index contributed by atoms with van der Waals surface area (Å²) in [5, 5.41) is 3.15. The van der Waals surface area contributed by atoms with Crippen LogP contribution in [0.4, 0.5) is 5.82 Å². The first-order valence-corrected chi connectivity index (χ1v) is 6.40. The number of anilines is 1. The third kappa shape index (κ3) is 3.12. The number of hydrogen-bond donors (Lipinski definition) is 1. The molecule has 0 radical (unpaired) electrons. The van der Waals surface area contributed by atoms with Crippen LogP contribution in [0.5, 0.6) is 0 Å². The number of aromatic nitrogens is 3. The van der Waals surface area contributed by atoms with Crippen LogP contribution in [0.2, 0.25) is 0 Å². The SMILES string of the molecule is CNCc1ccc(N(C)Cc2nccn2C)nc1C. The van der Waals surface area contributed by atoms with Gasteiger partial charge in [0, 0.05) is 38.7 Å². The van der Waals surface area contributed by atoms with Gasteiger partial charge in [0.1, 0.15) is 11.6 Å². The maximum atomic E-state index is 4.65. The van der Waals surface area contributed by atoms with Gasteiger partial charge in [-0.3, -0.25) is 0 Å². The first-order valence-electron chi connectivity index (χ1n) is 6.40. The van der Waals surface area contributed by atoms with Gasteiger partial charge < -0.3 is 14.8 Å². The van der Waals surface area contributed by atoms with Crippen LogP contribution < -0.4 is 10.2 Å². The highest BCUT2D eigenvalue weighted by molar-refractivity contribution is 5.41. The molecule has 0 aliphatic heterocycles. The molecule has 5 nitrogen and oxygen atoms in total. The van der Waals surface area contributed by atoms with Crippen molar-refractivity contribution in [1.82, 2.24) is 19.9 Å². The molecule has 5 heteroatoms. The van der Waals surface area contributed by atoms with Crippen LogP contribution in [-0.4, -0.2) is 28.6 Å². The van der Waals surface area contributed by atoms with Crippen molar-refractivity contribution in [3.05, 3.63) is 41.6 Å². The Balaban J connectivity index is 2.13. The van der Waals surface area contributed by atoms with Gasteiger partial charge in [-0.1, -0.05) is 6.07 Å². The van der Waals surface area contributed by atoms with E-state index in [4.69, 9.17) is 0 Å². The van der Waals surface area contributed by atoms with E-state index in [1.807, 2.05) is 45.0 Å². The van der Waals surface area contributed by atoms with Crippen molar-refractivity contribution in [2.24, 2.45) is 7.05 Å². The number of nitrogens with one attached hydrogen (secondary N) is 1. The Hall–Kier alpha value is -1.88. The Kier molecular flexibility index (Phi) is 4.16. The molecule has 1 N–H and O–H groups in total. The second-order valence-electron chi connectivity index (χ2n) is 4.75. The van der Waals surface area contributed by atoms with Crippen molar-refractivity contribution >= 4 is 5.82 Å². The lowest BCUT2D eigenvalue weighted by Gasteiger charge is -2.19. The molecular formula is C14H21N5. The molecule has 0 aliphatic carbocycles. The molecule has 2 aromatic heterocycles. The van der Waals surface area contributed by atoms with E-state index in [9.17, 15) is 0 Å². The highest BCUT2D eigenvalue weighted by atomic mass is 15.2. The average Bonchev–Trinajstić information content (AvgIpc) is 2.78. The molecule has 2 rings (SSSR count). The molecule has 0 unspecified atom stereocenters. The van der Waals surface area contributed by atoms with Crippen molar-refractivity contribution in [3.8, 4) is 0 Å². The van der Waals surface area contributed by atoms with Crippen LogP contribution in [0, 0.1) is 6.92 Å². The number of pyridine rings is 1. The van der Waals surface area contributed by atoms with E-state index in [0.717, 1.165) is 30.4 Å². The van der Waals surface area contributed by atoms with Crippen LogP contribution in [0.1, 0.15) is 17.1 Å². The summed E-state index contributed by atoms with van der Waals surface area (Å²) in [6.07, 6.45) is 3.77. The largest absolute Gasteiger partial charge is 0.352 e. The molecule has 0 saturated carbocycles. The molecule has 0 bridgehead atoms. The monoisotopic (exact) mass is 259 g/mol. The number of nitrogens with zero attached hydrogens (tertiary/aromatic N) is 4. The highest BCUT2D eigenvalue weighted by Gasteiger charge is 2.08. The highest BCUT2D eigenvalue weighted by Crippen LogP contribution is 2.15. The third-order valence-electron chi connectivity index (χ3n) is 3.24. The van der Waals surface area contributed by atoms with Crippen LogP contribution in [0.25, 0.3) is 0 Å². The molecule has 0 spiro atoms. The van der Waals surface area contributed by atoms with Gasteiger partial charge in [0.05, 0.1) is 6.54 Å². The summed E-state index contributed by atoms with van der Waals surface area (Å²) in [6.45, 7) is 3.65. The second-order valence-corrected chi connectivity index (χ2v) is 4.75. The molecule has 0 aliphatic rings. The lowest BCUT2D eigenvalue weighted by Crippen LogP contribution is -2.20. The molecule has 2 aromatic rings. The first kappa shape index (κ1) is 13.5. The summed E-state index contributed by atoms with van der Waals surface area (Å²) in [7, 11) is 5.99. The maximum absolute atomic E-state index is 4.65. The quantitative estimate of drug-likeness (QED) is 0.883. The molecule has 0 fully saturated rings. The fourth-order valence-electron chi connectivity index (χ4n) is 2.01. The third-order valence-corrected chi connectivity index (χ3v) is 3.24. The Bertz CT molecular complexity index is 547. The number of aryl methyl sites for hydroxylation is 2. The zero-order valence-electron chi connectivity index (χ0n) is 12.0. The van der Waals surface area contributed by atoms with Crippen molar-refractivity contribution in [3.63, 3.8) is 0 Å². The Morgan fingerprint density at radius 3 is 2.74 bits per heavy atom.